The number of benzene rings is 1. The van der Waals surface area contributed by atoms with Crippen LogP contribution in [-0.2, 0) is 6.54 Å². The molecule has 0 spiro atoms. The first kappa shape index (κ1) is 15.5. The molecule has 3 heteroatoms. The van der Waals surface area contributed by atoms with Gasteiger partial charge in [-0.1, -0.05) is 33.3 Å². The van der Waals surface area contributed by atoms with Crippen molar-refractivity contribution in [2.45, 2.75) is 45.1 Å². The van der Waals surface area contributed by atoms with Gasteiger partial charge in [-0.25, -0.2) is 4.39 Å². The Kier molecular flexibility index (Phi) is 7.36. The normalized spacial score (nSPS) is 11.2. The Balaban J connectivity index is 2.45. The lowest BCUT2D eigenvalue weighted by atomic mass is 10.2. The zero-order valence-corrected chi connectivity index (χ0v) is 12.4. The lowest BCUT2D eigenvalue weighted by Crippen LogP contribution is -2.18. The predicted octanol–water partition coefficient (Wildman–Crippen LogP) is 4.46. The van der Waals surface area contributed by atoms with Crippen LogP contribution in [0.15, 0.2) is 23.1 Å². The van der Waals surface area contributed by atoms with E-state index in [9.17, 15) is 4.39 Å². The van der Waals surface area contributed by atoms with E-state index in [1.54, 1.807) is 17.8 Å². The van der Waals surface area contributed by atoms with Crippen molar-refractivity contribution in [1.82, 2.24) is 5.32 Å². The molecule has 0 radical (unpaired) electrons. The van der Waals surface area contributed by atoms with E-state index in [2.05, 4.69) is 26.1 Å². The molecule has 102 valence electrons. The molecule has 1 N–H and O–H groups in total. The third-order valence-corrected chi connectivity index (χ3v) is 3.77. The smallest absolute Gasteiger partial charge is 0.137 e. The van der Waals surface area contributed by atoms with Gasteiger partial charge in [-0.05, 0) is 42.3 Å². The summed E-state index contributed by atoms with van der Waals surface area (Å²) in [4.78, 5) is 0.774. The van der Waals surface area contributed by atoms with Crippen molar-refractivity contribution < 1.29 is 4.39 Å². The monoisotopic (exact) mass is 269 g/mol. The van der Waals surface area contributed by atoms with Crippen LogP contribution >= 0.6 is 11.8 Å². The van der Waals surface area contributed by atoms with Gasteiger partial charge in [0.25, 0.3) is 0 Å². The highest BCUT2D eigenvalue weighted by atomic mass is 32.2. The van der Waals surface area contributed by atoms with Crippen molar-refractivity contribution in [3.8, 4) is 0 Å². The van der Waals surface area contributed by atoms with E-state index in [1.165, 1.54) is 0 Å². The fourth-order valence-corrected chi connectivity index (χ4v) is 2.62. The van der Waals surface area contributed by atoms with Crippen molar-refractivity contribution in [1.29, 1.82) is 0 Å². The van der Waals surface area contributed by atoms with Gasteiger partial charge in [0, 0.05) is 11.4 Å². The summed E-state index contributed by atoms with van der Waals surface area (Å²) in [6.45, 7) is 8.20. The Morgan fingerprint density at radius 3 is 2.72 bits per heavy atom. The number of nitrogens with one attached hydrogen (secondary N) is 1. The van der Waals surface area contributed by atoms with Crippen molar-refractivity contribution in [2.24, 2.45) is 5.92 Å². The molecule has 1 aromatic carbocycles. The summed E-state index contributed by atoms with van der Waals surface area (Å²) in [5.41, 5.74) is 1.02. The maximum atomic E-state index is 13.8. The van der Waals surface area contributed by atoms with E-state index in [4.69, 9.17) is 0 Å². The molecule has 0 aliphatic carbocycles. The van der Waals surface area contributed by atoms with Crippen LogP contribution in [-0.4, -0.2) is 12.3 Å². The van der Waals surface area contributed by atoms with Gasteiger partial charge in [-0.15, -0.1) is 11.8 Å². The molecule has 1 nitrogen and oxygen atoms in total. The maximum absolute atomic E-state index is 13.8. The summed E-state index contributed by atoms with van der Waals surface area (Å²) in [7, 11) is 0. The quantitative estimate of drug-likeness (QED) is 0.552. The molecule has 0 fully saturated rings. The molecular weight excluding hydrogens is 245 g/mol. The molecular formula is C15H24FNS. The average molecular weight is 269 g/mol. The summed E-state index contributed by atoms with van der Waals surface area (Å²) in [5, 5.41) is 3.33. The van der Waals surface area contributed by atoms with Crippen molar-refractivity contribution in [2.75, 3.05) is 12.3 Å². The fraction of sp³-hybridized carbons (Fsp3) is 0.600. The molecule has 0 bridgehead atoms. The molecule has 0 atom stereocenters. The zero-order valence-electron chi connectivity index (χ0n) is 11.6. The Hall–Kier alpha value is -0.540. The summed E-state index contributed by atoms with van der Waals surface area (Å²) < 4.78 is 13.8. The molecule has 0 amide bonds. The van der Waals surface area contributed by atoms with Gasteiger partial charge in [0.15, 0.2) is 0 Å². The maximum Gasteiger partial charge on any atom is 0.137 e. The summed E-state index contributed by atoms with van der Waals surface area (Å²) in [5.74, 6) is 1.54. The van der Waals surface area contributed by atoms with Crippen LogP contribution in [0.5, 0.6) is 0 Å². The van der Waals surface area contributed by atoms with Gasteiger partial charge in [0.2, 0.25) is 0 Å². The van der Waals surface area contributed by atoms with E-state index in [1.807, 2.05) is 12.1 Å². The van der Waals surface area contributed by atoms with Crippen LogP contribution in [0.2, 0.25) is 0 Å². The molecule has 1 rings (SSSR count). The van der Waals surface area contributed by atoms with Crippen LogP contribution in [0.4, 0.5) is 4.39 Å². The minimum atomic E-state index is -0.0834. The average Bonchev–Trinajstić information content (AvgIpc) is 2.31. The van der Waals surface area contributed by atoms with Crippen molar-refractivity contribution in [3.63, 3.8) is 0 Å². The predicted molar refractivity (Wildman–Crippen MR) is 78.6 cm³/mol. The molecule has 0 saturated heterocycles. The second-order valence-corrected chi connectivity index (χ2v) is 6.13. The standard InChI is InChI=1S/C15H24FNS/c1-4-5-8-18-15-7-6-13(9-14(15)16)11-17-10-12(2)3/h6-7,9,12,17H,4-5,8,10-11H2,1-3H3. The second-order valence-electron chi connectivity index (χ2n) is 4.99. The Bertz CT molecular complexity index is 352. The highest BCUT2D eigenvalue weighted by Crippen LogP contribution is 2.23. The van der Waals surface area contributed by atoms with Crippen molar-refractivity contribution in [3.05, 3.63) is 29.6 Å². The largest absolute Gasteiger partial charge is 0.312 e. The molecule has 0 aromatic heterocycles. The SMILES string of the molecule is CCCCSc1ccc(CNCC(C)C)cc1F. The van der Waals surface area contributed by atoms with E-state index in [-0.39, 0.29) is 5.82 Å². The lowest BCUT2D eigenvalue weighted by Gasteiger charge is -2.09. The van der Waals surface area contributed by atoms with Gasteiger partial charge in [0.05, 0.1) is 0 Å². The van der Waals surface area contributed by atoms with Crippen LogP contribution < -0.4 is 5.32 Å². The summed E-state index contributed by atoms with van der Waals surface area (Å²) in [6, 6.07) is 5.58. The number of unbranched alkanes of at least 4 members (excludes halogenated alkanes) is 1. The van der Waals surface area contributed by atoms with Crippen LogP contribution in [0, 0.1) is 11.7 Å². The molecule has 0 aliphatic rings. The third kappa shape index (κ3) is 5.87. The molecule has 1 aromatic rings. The highest BCUT2D eigenvalue weighted by Gasteiger charge is 2.04. The topological polar surface area (TPSA) is 12.0 Å². The number of rotatable bonds is 8. The first-order chi connectivity index (χ1) is 8.63. The molecule has 18 heavy (non-hydrogen) atoms. The van der Waals surface area contributed by atoms with Gasteiger partial charge in [-0.2, -0.15) is 0 Å². The van der Waals surface area contributed by atoms with E-state index < -0.39 is 0 Å². The molecule has 0 unspecified atom stereocenters. The van der Waals surface area contributed by atoms with Crippen LogP contribution in [0.1, 0.15) is 39.2 Å². The first-order valence-corrected chi connectivity index (χ1v) is 7.74. The van der Waals surface area contributed by atoms with Crippen molar-refractivity contribution >= 4 is 11.8 Å². The minimum Gasteiger partial charge on any atom is -0.312 e. The van der Waals surface area contributed by atoms with Gasteiger partial charge >= 0.3 is 0 Å². The minimum absolute atomic E-state index is 0.0834. The number of hydrogen-bond acceptors (Lipinski definition) is 2. The zero-order chi connectivity index (χ0) is 13.4. The summed E-state index contributed by atoms with van der Waals surface area (Å²) >= 11 is 1.61. The Morgan fingerprint density at radius 2 is 2.11 bits per heavy atom. The Morgan fingerprint density at radius 1 is 1.33 bits per heavy atom. The van der Waals surface area contributed by atoms with Gasteiger partial charge in [0.1, 0.15) is 5.82 Å². The number of hydrogen-bond donors (Lipinski definition) is 1. The van der Waals surface area contributed by atoms with Crippen LogP contribution in [0.3, 0.4) is 0 Å². The number of thioether (sulfide) groups is 1. The van der Waals surface area contributed by atoms with E-state index >= 15 is 0 Å². The van der Waals surface area contributed by atoms with E-state index in [0.717, 1.165) is 42.1 Å². The first-order valence-electron chi connectivity index (χ1n) is 6.75. The summed E-state index contributed by atoms with van der Waals surface area (Å²) in [6.07, 6.45) is 2.30. The van der Waals surface area contributed by atoms with Gasteiger partial charge in [-0.3, -0.25) is 0 Å². The molecule has 0 aliphatic heterocycles. The molecule has 0 heterocycles. The van der Waals surface area contributed by atoms with E-state index in [0.29, 0.717) is 5.92 Å². The van der Waals surface area contributed by atoms with Gasteiger partial charge < -0.3 is 5.32 Å². The van der Waals surface area contributed by atoms with Crippen LogP contribution in [0.25, 0.3) is 0 Å². The number of halogens is 1. The third-order valence-electron chi connectivity index (χ3n) is 2.63. The Labute approximate surface area is 115 Å². The fourth-order valence-electron chi connectivity index (χ4n) is 1.60. The highest BCUT2D eigenvalue weighted by molar-refractivity contribution is 7.99. The molecule has 0 saturated carbocycles. The second kappa shape index (κ2) is 8.54. The lowest BCUT2D eigenvalue weighted by molar-refractivity contribution is 0.548.